The van der Waals surface area contributed by atoms with Crippen LogP contribution >= 0.6 is 0 Å². The highest BCUT2D eigenvalue weighted by Crippen LogP contribution is 2.01. The van der Waals surface area contributed by atoms with Crippen LogP contribution in [-0.2, 0) is 71.2 Å². The number of rotatable bonds is 42. The van der Waals surface area contributed by atoms with Crippen LogP contribution in [-0.4, -0.2) is 182 Å². The van der Waals surface area contributed by atoms with E-state index in [0.29, 0.717) is 158 Å². The van der Waals surface area contributed by atoms with E-state index in [1.807, 2.05) is 13.8 Å². The molecule has 0 spiro atoms. The summed E-state index contributed by atoms with van der Waals surface area (Å²) in [6, 6.07) is 0. The van der Waals surface area contributed by atoms with Crippen LogP contribution in [0.1, 0.15) is 39.5 Å². The minimum Gasteiger partial charge on any atom is -0.481 e. The Bertz CT molecular complexity index is 685. The molecular weight excluding hydrogens is 652 g/mol. The number of carbonyl (C=O) groups excluding carboxylic acids is 1. The second-order valence-electron chi connectivity index (χ2n) is 10.5. The number of unbranched alkanes of at least 4 members (excludes halogenated alkanes) is 1. The zero-order valence-electron chi connectivity index (χ0n) is 29.9. The Balaban J connectivity index is 3.10. The highest BCUT2D eigenvalue weighted by atomic mass is 16.6. The summed E-state index contributed by atoms with van der Waals surface area (Å²) in [5, 5.41) is 8.55. The lowest BCUT2D eigenvalue weighted by molar-refractivity contribution is -0.146. The van der Waals surface area contributed by atoms with Gasteiger partial charge in [-0.2, -0.15) is 0 Å². The van der Waals surface area contributed by atoms with E-state index in [-0.39, 0.29) is 38.1 Å². The topological polar surface area (TPSA) is 174 Å². The van der Waals surface area contributed by atoms with E-state index in [2.05, 4.69) is 0 Å². The van der Waals surface area contributed by atoms with Crippen molar-refractivity contribution in [2.24, 2.45) is 0 Å². The summed E-state index contributed by atoms with van der Waals surface area (Å²) in [5.74, 6) is -1.21. The van der Waals surface area contributed by atoms with Gasteiger partial charge in [0.25, 0.3) is 0 Å². The fraction of sp³-hybridized carbons (Fsp3) is 0.939. The van der Waals surface area contributed by atoms with Gasteiger partial charge in [0.2, 0.25) is 0 Å². The number of hydrogen-bond acceptors (Lipinski definition) is 15. The minimum absolute atomic E-state index is 0.0594. The Labute approximate surface area is 292 Å². The largest absolute Gasteiger partial charge is 0.481 e. The van der Waals surface area contributed by atoms with Crippen molar-refractivity contribution in [3.05, 3.63) is 0 Å². The number of aliphatic carboxylic acids is 1. The monoisotopic (exact) mass is 716 g/mol. The van der Waals surface area contributed by atoms with Crippen LogP contribution in [0.5, 0.6) is 0 Å². The molecule has 0 radical (unpaired) electrons. The Morgan fingerprint density at radius 2 is 0.633 bits per heavy atom. The molecule has 292 valence electrons. The number of esters is 1. The van der Waals surface area contributed by atoms with E-state index in [1.54, 1.807) is 0 Å². The molecule has 0 aromatic rings. The molecule has 0 aromatic carbocycles. The predicted molar refractivity (Wildman–Crippen MR) is 177 cm³/mol. The molecule has 16 nitrogen and oxygen atoms in total. The maximum atomic E-state index is 11.5. The summed E-state index contributed by atoms with van der Waals surface area (Å²) in [5.41, 5.74) is 0. The van der Waals surface area contributed by atoms with Gasteiger partial charge in [0.15, 0.2) is 0 Å². The fourth-order valence-corrected chi connectivity index (χ4v) is 3.48. The molecule has 0 rings (SSSR count). The lowest BCUT2D eigenvalue weighted by atomic mass is 10.2. The predicted octanol–water partition coefficient (Wildman–Crippen LogP) is 1.78. The molecular formula is C33H64O16. The molecule has 0 aromatic heterocycles. The molecule has 0 aliphatic heterocycles. The maximum Gasteiger partial charge on any atom is 0.305 e. The van der Waals surface area contributed by atoms with E-state index < -0.39 is 5.97 Å². The molecule has 0 fully saturated rings. The molecule has 49 heavy (non-hydrogen) atoms. The van der Waals surface area contributed by atoms with Crippen LogP contribution in [0.25, 0.3) is 0 Å². The highest BCUT2D eigenvalue weighted by Gasteiger charge is 2.04. The second-order valence-corrected chi connectivity index (χ2v) is 10.5. The zero-order chi connectivity index (χ0) is 35.7. The summed E-state index contributed by atoms with van der Waals surface area (Å²) in [7, 11) is 0. The van der Waals surface area contributed by atoms with Gasteiger partial charge in [-0.25, -0.2) is 0 Å². The highest BCUT2D eigenvalue weighted by molar-refractivity contribution is 5.69. The molecule has 0 aliphatic carbocycles. The smallest absolute Gasteiger partial charge is 0.305 e. The summed E-state index contributed by atoms with van der Waals surface area (Å²) in [6.07, 6.45) is 1.46. The quantitative estimate of drug-likeness (QED) is 0.0715. The van der Waals surface area contributed by atoms with Crippen molar-refractivity contribution in [1.29, 1.82) is 0 Å². The number of carbonyl (C=O) groups is 2. The minimum atomic E-state index is -0.863. The Hall–Kier alpha value is -1.54. The van der Waals surface area contributed by atoms with Crippen molar-refractivity contribution in [1.82, 2.24) is 0 Å². The SMILES string of the molecule is CC(C)OCCOCCOCCOCCOCCOCCOCCOCCOCCOCCOCCOCCOC(=O)CCCCC(=O)O. The van der Waals surface area contributed by atoms with Crippen LogP contribution in [0.3, 0.4) is 0 Å². The van der Waals surface area contributed by atoms with Gasteiger partial charge in [-0.15, -0.1) is 0 Å². The van der Waals surface area contributed by atoms with Crippen LogP contribution in [0.2, 0.25) is 0 Å². The third-order valence-electron chi connectivity index (χ3n) is 5.91. The van der Waals surface area contributed by atoms with Gasteiger partial charge < -0.3 is 66.7 Å². The lowest BCUT2D eigenvalue weighted by Crippen LogP contribution is -2.16. The molecule has 1 N–H and O–H groups in total. The van der Waals surface area contributed by atoms with E-state index in [9.17, 15) is 9.59 Å². The molecule has 0 saturated heterocycles. The van der Waals surface area contributed by atoms with Crippen LogP contribution < -0.4 is 0 Å². The number of hydrogen-bond donors (Lipinski definition) is 1. The lowest BCUT2D eigenvalue weighted by Gasteiger charge is -2.09. The summed E-state index contributed by atoms with van der Waals surface area (Å²) >= 11 is 0. The van der Waals surface area contributed by atoms with Gasteiger partial charge in [-0.05, 0) is 26.7 Å². The molecule has 0 unspecified atom stereocenters. The van der Waals surface area contributed by atoms with Crippen LogP contribution in [0.4, 0.5) is 0 Å². The van der Waals surface area contributed by atoms with Crippen molar-refractivity contribution in [3.63, 3.8) is 0 Å². The number of ether oxygens (including phenoxy) is 13. The fourth-order valence-electron chi connectivity index (χ4n) is 3.48. The third-order valence-corrected chi connectivity index (χ3v) is 5.91. The Morgan fingerprint density at radius 3 is 0.898 bits per heavy atom. The van der Waals surface area contributed by atoms with E-state index in [1.165, 1.54) is 0 Å². The first-order valence-electron chi connectivity index (χ1n) is 17.4. The first kappa shape index (κ1) is 47.5. The first-order chi connectivity index (χ1) is 24.0. The van der Waals surface area contributed by atoms with Gasteiger partial charge in [-0.3, -0.25) is 9.59 Å². The van der Waals surface area contributed by atoms with Crippen molar-refractivity contribution < 1.29 is 76.3 Å². The van der Waals surface area contributed by atoms with E-state index in [0.717, 1.165) is 0 Å². The standard InChI is InChI=1S/C33H64O16/c1-31(2)48-29-27-46-25-23-44-21-19-42-17-15-40-13-11-38-9-7-37-8-10-39-12-14-41-16-18-43-20-22-45-24-26-47-28-30-49-33(36)6-4-3-5-32(34)35/h31H,3-30H2,1-2H3,(H,34,35). The first-order valence-corrected chi connectivity index (χ1v) is 17.4. The van der Waals surface area contributed by atoms with Crippen molar-refractivity contribution in [3.8, 4) is 0 Å². The summed E-state index contributed by atoms with van der Waals surface area (Å²) in [6.45, 7) is 15.3. The maximum absolute atomic E-state index is 11.5. The van der Waals surface area contributed by atoms with Gasteiger partial charge in [-0.1, -0.05) is 0 Å². The molecule has 0 aliphatic rings. The van der Waals surface area contributed by atoms with Crippen molar-refractivity contribution in [2.45, 2.75) is 45.6 Å². The number of carboxylic acid groups (broad SMARTS) is 1. The zero-order valence-corrected chi connectivity index (χ0v) is 29.9. The molecule has 0 heterocycles. The molecule has 16 heteroatoms. The van der Waals surface area contributed by atoms with E-state index >= 15 is 0 Å². The second kappa shape index (κ2) is 40.9. The summed E-state index contributed by atoms with van der Waals surface area (Å²) < 4.78 is 70.2. The normalized spacial score (nSPS) is 11.5. The van der Waals surface area contributed by atoms with Crippen molar-refractivity contribution >= 4 is 11.9 Å². The van der Waals surface area contributed by atoms with Gasteiger partial charge in [0.05, 0.1) is 158 Å². The van der Waals surface area contributed by atoms with Gasteiger partial charge in [0.1, 0.15) is 6.61 Å². The van der Waals surface area contributed by atoms with Crippen molar-refractivity contribution in [2.75, 3.05) is 159 Å². The average molecular weight is 717 g/mol. The van der Waals surface area contributed by atoms with Gasteiger partial charge >= 0.3 is 11.9 Å². The molecule has 0 bridgehead atoms. The summed E-state index contributed by atoms with van der Waals surface area (Å²) in [4.78, 5) is 21.9. The average Bonchev–Trinajstić information content (AvgIpc) is 3.07. The number of carboxylic acids is 1. The van der Waals surface area contributed by atoms with Crippen LogP contribution in [0.15, 0.2) is 0 Å². The molecule has 0 atom stereocenters. The molecule has 0 saturated carbocycles. The van der Waals surface area contributed by atoms with E-state index in [4.69, 9.17) is 66.7 Å². The Morgan fingerprint density at radius 1 is 0.388 bits per heavy atom. The van der Waals surface area contributed by atoms with Crippen LogP contribution in [0, 0.1) is 0 Å². The molecule has 0 amide bonds. The Kier molecular flexibility index (Phi) is 39.6. The third kappa shape index (κ3) is 44.4. The van der Waals surface area contributed by atoms with Gasteiger partial charge in [0, 0.05) is 12.8 Å².